The van der Waals surface area contributed by atoms with E-state index in [1.807, 2.05) is 60.7 Å². The highest BCUT2D eigenvalue weighted by Gasteiger charge is 2.13. The van der Waals surface area contributed by atoms with E-state index in [4.69, 9.17) is 4.74 Å². The molecule has 152 valence electrons. The summed E-state index contributed by atoms with van der Waals surface area (Å²) in [5.41, 5.74) is 2.76. The normalized spacial score (nSPS) is 11.1. The highest BCUT2D eigenvalue weighted by Crippen LogP contribution is 2.23. The van der Waals surface area contributed by atoms with Crippen LogP contribution in [-0.4, -0.2) is 30.1 Å². The van der Waals surface area contributed by atoms with Gasteiger partial charge in [0.05, 0.1) is 7.11 Å². The van der Waals surface area contributed by atoms with Crippen LogP contribution < -0.4 is 5.32 Å². The molecule has 0 radical (unpaired) electrons. The van der Waals surface area contributed by atoms with Gasteiger partial charge in [0, 0.05) is 29.2 Å². The van der Waals surface area contributed by atoms with Gasteiger partial charge in [0.15, 0.2) is 0 Å². The average molecular weight is 401 g/mol. The summed E-state index contributed by atoms with van der Waals surface area (Å²) < 4.78 is 6.50. The molecular formula is C24H23N3O3. The molecule has 2 aromatic carbocycles. The van der Waals surface area contributed by atoms with Gasteiger partial charge in [-0.1, -0.05) is 48.5 Å². The van der Waals surface area contributed by atoms with E-state index >= 15 is 0 Å². The molecule has 0 saturated heterocycles. The van der Waals surface area contributed by atoms with Crippen LogP contribution >= 0.6 is 0 Å². The first kappa shape index (κ1) is 20.9. The number of aromatic nitrogens is 1. The van der Waals surface area contributed by atoms with Crippen LogP contribution in [-0.2, 0) is 27.3 Å². The van der Waals surface area contributed by atoms with Crippen LogP contribution in [0.4, 0.5) is 0 Å². The number of aryl methyl sites for hydroxylation is 1. The number of amides is 1. The number of fused-ring (bicyclic) bond motifs is 1. The minimum Gasteiger partial charge on any atom is -0.468 e. The predicted octanol–water partition coefficient (Wildman–Crippen LogP) is 3.47. The van der Waals surface area contributed by atoms with E-state index in [2.05, 4.69) is 5.32 Å². The molecule has 1 amide bonds. The quantitative estimate of drug-likeness (QED) is 0.271. The Morgan fingerprint density at radius 3 is 2.60 bits per heavy atom. The maximum Gasteiger partial charge on any atom is 0.325 e. The Morgan fingerprint density at radius 1 is 1.13 bits per heavy atom. The van der Waals surface area contributed by atoms with E-state index in [1.165, 1.54) is 12.7 Å². The Kier molecular flexibility index (Phi) is 7.01. The molecule has 3 rings (SSSR count). The summed E-state index contributed by atoms with van der Waals surface area (Å²) in [6.07, 6.45) is 4.95. The minimum absolute atomic E-state index is 0.0238. The third-order valence-corrected chi connectivity index (χ3v) is 4.78. The van der Waals surface area contributed by atoms with Gasteiger partial charge in [-0.2, -0.15) is 5.26 Å². The van der Waals surface area contributed by atoms with Crippen LogP contribution in [0.5, 0.6) is 0 Å². The van der Waals surface area contributed by atoms with Gasteiger partial charge in [0.25, 0.3) is 5.91 Å². The fraction of sp³-hybridized carbons (Fsp3) is 0.208. The van der Waals surface area contributed by atoms with Crippen molar-refractivity contribution in [1.82, 2.24) is 9.88 Å². The molecule has 30 heavy (non-hydrogen) atoms. The molecule has 1 aromatic heterocycles. The van der Waals surface area contributed by atoms with Crippen molar-refractivity contribution in [2.75, 3.05) is 13.7 Å². The number of nitriles is 1. The first-order valence-corrected chi connectivity index (χ1v) is 9.71. The molecule has 0 unspecified atom stereocenters. The molecule has 0 atom stereocenters. The van der Waals surface area contributed by atoms with Crippen molar-refractivity contribution >= 4 is 28.9 Å². The number of carbonyl (C=O) groups excluding carboxylic acids is 2. The molecule has 0 aliphatic carbocycles. The number of carbonyl (C=O) groups is 2. The number of hydrogen-bond donors (Lipinski definition) is 1. The van der Waals surface area contributed by atoms with E-state index in [1.54, 1.807) is 16.8 Å². The van der Waals surface area contributed by atoms with Crippen molar-refractivity contribution in [1.29, 1.82) is 5.26 Å². The average Bonchev–Trinajstić information content (AvgIpc) is 3.12. The van der Waals surface area contributed by atoms with Gasteiger partial charge in [-0.3, -0.25) is 9.59 Å². The number of ether oxygens (including phenoxy) is 1. The number of nitrogens with one attached hydrogen (secondary N) is 1. The lowest BCUT2D eigenvalue weighted by Crippen LogP contribution is -2.25. The van der Waals surface area contributed by atoms with E-state index in [9.17, 15) is 14.9 Å². The van der Waals surface area contributed by atoms with Crippen molar-refractivity contribution < 1.29 is 14.3 Å². The Morgan fingerprint density at radius 2 is 1.87 bits per heavy atom. The lowest BCUT2D eigenvalue weighted by molar-refractivity contribution is -0.141. The second-order valence-electron chi connectivity index (χ2n) is 6.82. The summed E-state index contributed by atoms with van der Waals surface area (Å²) in [7, 11) is 1.34. The maximum atomic E-state index is 12.5. The first-order chi connectivity index (χ1) is 14.6. The van der Waals surface area contributed by atoms with Gasteiger partial charge in [0.2, 0.25) is 0 Å². The van der Waals surface area contributed by atoms with Crippen molar-refractivity contribution in [2.24, 2.45) is 0 Å². The summed E-state index contributed by atoms with van der Waals surface area (Å²) in [6, 6.07) is 19.5. The van der Waals surface area contributed by atoms with Gasteiger partial charge >= 0.3 is 5.97 Å². The number of nitrogens with zero attached hydrogens (tertiary/aromatic N) is 2. The predicted molar refractivity (Wildman–Crippen MR) is 115 cm³/mol. The van der Waals surface area contributed by atoms with Crippen LogP contribution in [0.2, 0.25) is 0 Å². The van der Waals surface area contributed by atoms with Crippen molar-refractivity contribution in [3.05, 3.63) is 77.5 Å². The van der Waals surface area contributed by atoms with Crippen LogP contribution in [0.25, 0.3) is 17.0 Å². The van der Waals surface area contributed by atoms with Gasteiger partial charge in [-0.05, 0) is 30.5 Å². The lowest BCUT2D eigenvalue weighted by Gasteiger charge is -2.04. The number of para-hydroxylation sites is 1. The number of hydrogen-bond acceptors (Lipinski definition) is 4. The van der Waals surface area contributed by atoms with E-state index in [0.717, 1.165) is 23.7 Å². The van der Waals surface area contributed by atoms with Gasteiger partial charge < -0.3 is 14.6 Å². The fourth-order valence-electron chi connectivity index (χ4n) is 3.26. The van der Waals surface area contributed by atoms with Crippen LogP contribution in [0.15, 0.2) is 66.4 Å². The number of rotatable bonds is 8. The maximum absolute atomic E-state index is 12.5. The minimum atomic E-state index is -0.407. The molecule has 6 nitrogen and oxygen atoms in total. The summed E-state index contributed by atoms with van der Waals surface area (Å²) in [5, 5.41) is 13.2. The molecule has 0 fully saturated rings. The molecule has 3 aromatic rings. The SMILES string of the molecule is COC(=O)Cn1cc(/C=C(/C#N)C(=O)NCCCc2ccccc2)c2ccccc21. The topological polar surface area (TPSA) is 84.1 Å². The zero-order valence-electron chi connectivity index (χ0n) is 16.8. The third kappa shape index (κ3) is 5.15. The molecule has 0 spiro atoms. The molecule has 0 aliphatic rings. The smallest absolute Gasteiger partial charge is 0.325 e. The number of esters is 1. The van der Waals surface area contributed by atoms with E-state index < -0.39 is 5.91 Å². The Bertz CT molecular complexity index is 1110. The largest absolute Gasteiger partial charge is 0.468 e. The molecule has 1 heterocycles. The van der Waals surface area contributed by atoms with Crippen LogP contribution in [0, 0.1) is 11.3 Å². The molecule has 0 saturated carbocycles. The van der Waals surface area contributed by atoms with Crippen LogP contribution in [0.3, 0.4) is 0 Å². The van der Waals surface area contributed by atoms with E-state index in [-0.39, 0.29) is 18.1 Å². The zero-order chi connectivity index (χ0) is 21.3. The molecular weight excluding hydrogens is 378 g/mol. The van der Waals surface area contributed by atoms with Gasteiger partial charge in [-0.25, -0.2) is 0 Å². The van der Waals surface area contributed by atoms with Crippen molar-refractivity contribution in [2.45, 2.75) is 19.4 Å². The highest BCUT2D eigenvalue weighted by atomic mass is 16.5. The molecule has 6 heteroatoms. The zero-order valence-corrected chi connectivity index (χ0v) is 16.8. The standard InChI is InChI=1S/C24H23N3O3/c1-30-23(28)17-27-16-20(21-11-5-6-12-22(21)27)14-19(15-25)24(29)26-13-7-10-18-8-3-2-4-9-18/h2-6,8-9,11-12,14,16H,7,10,13,17H2,1H3,(H,26,29)/b19-14-. The van der Waals surface area contributed by atoms with E-state index in [0.29, 0.717) is 12.1 Å². The third-order valence-electron chi connectivity index (χ3n) is 4.78. The second kappa shape index (κ2) is 10.1. The molecule has 0 bridgehead atoms. The molecule has 0 aliphatic heterocycles. The first-order valence-electron chi connectivity index (χ1n) is 9.71. The summed E-state index contributed by atoms with van der Waals surface area (Å²) in [5.74, 6) is -0.779. The van der Waals surface area contributed by atoms with Crippen molar-refractivity contribution in [3.63, 3.8) is 0 Å². The number of benzene rings is 2. The molecule has 1 N–H and O–H groups in total. The van der Waals surface area contributed by atoms with Gasteiger partial charge in [0.1, 0.15) is 18.2 Å². The lowest BCUT2D eigenvalue weighted by atomic mass is 10.1. The Hall–Kier alpha value is -3.85. The number of methoxy groups -OCH3 is 1. The van der Waals surface area contributed by atoms with Crippen molar-refractivity contribution in [3.8, 4) is 6.07 Å². The fourth-order valence-corrected chi connectivity index (χ4v) is 3.26. The second-order valence-corrected chi connectivity index (χ2v) is 6.82. The Labute approximate surface area is 175 Å². The van der Waals surface area contributed by atoms with Crippen LogP contribution in [0.1, 0.15) is 17.5 Å². The summed E-state index contributed by atoms with van der Waals surface area (Å²) >= 11 is 0. The Balaban J connectivity index is 1.72. The summed E-state index contributed by atoms with van der Waals surface area (Å²) in [6.45, 7) is 0.537. The van der Waals surface area contributed by atoms with Gasteiger partial charge in [-0.15, -0.1) is 0 Å². The highest BCUT2D eigenvalue weighted by molar-refractivity contribution is 6.04. The summed E-state index contributed by atoms with van der Waals surface area (Å²) in [4.78, 5) is 24.2. The monoisotopic (exact) mass is 401 g/mol.